The highest BCUT2D eigenvalue weighted by atomic mass is 16.5. The largest absolute Gasteiger partial charge is 0.489 e. The van der Waals surface area contributed by atoms with Crippen LogP contribution in [0.3, 0.4) is 0 Å². The predicted molar refractivity (Wildman–Crippen MR) is 132 cm³/mol. The third-order valence-electron chi connectivity index (χ3n) is 5.61. The fraction of sp³-hybridized carbons (Fsp3) is 0.0333. The van der Waals surface area contributed by atoms with E-state index in [2.05, 4.69) is 54.6 Å². The molecule has 0 aliphatic heterocycles. The zero-order valence-corrected chi connectivity index (χ0v) is 17.5. The Balaban J connectivity index is 1.34. The summed E-state index contributed by atoms with van der Waals surface area (Å²) in [5.41, 5.74) is 3.69. The molecule has 2 nitrogen and oxygen atoms in total. The zero-order chi connectivity index (χ0) is 21.8. The molecule has 0 aliphatic rings. The van der Waals surface area contributed by atoms with Crippen molar-refractivity contribution >= 4 is 33.2 Å². The van der Waals surface area contributed by atoms with E-state index in [1.165, 1.54) is 10.8 Å². The van der Waals surface area contributed by atoms with Gasteiger partial charge >= 0.3 is 0 Å². The monoisotopic (exact) mass is 411 g/mol. The zero-order valence-electron chi connectivity index (χ0n) is 17.5. The first-order chi connectivity index (χ1) is 15.8. The number of benzene rings is 5. The molecule has 5 aromatic rings. The van der Waals surface area contributed by atoms with E-state index in [1.54, 1.807) is 0 Å². The summed E-state index contributed by atoms with van der Waals surface area (Å²) >= 11 is 0. The molecular weight excluding hydrogens is 390 g/mol. The molecule has 2 heteroatoms. The van der Waals surface area contributed by atoms with Crippen LogP contribution in [0.1, 0.15) is 16.7 Å². The Hall–Kier alpha value is -4.35. The lowest BCUT2D eigenvalue weighted by Crippen LogP contribution is -1.95. The summed E-state index contributed by atoms with van der Waals surface area (Å²) in [4.78, 5) is 0. The summed E-state index contributed by atoms with van der Waals surface area (Å²) in [5.74, 6) is 0.805. The quantitative estimate of drug-likeness (QED) is 0.220. The molecule has 0 bridgehead atoms. The molecule has 5 rings (SSSR count). The number of allylic oxidation sites excluding steroid dienone is 1. The first-order valence-electron chi connectivity index (χ1n) is 10.6. The van der Waals surface area contributed by atoms with Crippen LogP contribution in [0.2, 0.25) is 0 Å². The van der Waals surface area contributed by atoms with Gasteiger partial charge in [-0.1, -0.05) is 91.0 Å². The van der Waals surface area contributed by atoms with E-state index in [0.717, 1.165) is 33.2 Å². The van der Waals surface area contributed by atoms with Crippen molar-refractivity contribution in [2.75, 3.05) is 0 Å². The molecule has 0 unspecified atom stereocenters. The van der Waals surface area contributed by atoms with Crippen LogP contribution in [-0.2, 0) is 6.61 Å². The molecule has 0 aliphatic carbocycles. The van der Waals surface area contributed by atoms with Crippen molar-refractivity contribution < 1.29 is 4.74 Å². The Morgan fingerprint density at radius 2 is 1.44 bits per heavy atom. The highest BCUT2D eigenvalue weighted by Crippen LogP contribution is 2.27. The van der Waals surface area contributed by atoms with Gasteiger partial charge in [-0.05, 0) is 56.9 Å². The molecule has 0 aromatic heterocycles. The van der Waals surface area contributed by atoms with Crippen molar-refractivity contribution in [1.82, 2.24) is 0 Å². The van der Waals surface area contributed by atoms with E-state index in [9.17, 15) is 5.26 Å². The maximum Gasteiger partial charge on any atom is 0.119 e. The summed E-state index contributed by atoms with van der Waals surface area (Å²) in [6.07, 6.45) is 1.93. The Morgan fingerprint density at radius 3 is 2.25 bits per heavy atom. The van der Waals surface area contributed by atoms with Gasteiger partial charge < -0.3 is 4.74 Å². The Labute approximate surface area is 187 Å². The number of hydrogen-bond acceptors (Lipinski definition) is 2. The molecule has 0 radical (unpaired) electrons. The molecule has 0 fully saturated rings. The maximum atomic E-state index is 9.80. The minimum Gasteiger partial charge on any atom is -0.489 e. The van der Waals surface area contributed by atoms with Crippen molar-refractivity contribution in [3.05, 3.63) is 126 Å². The molecule has 32 heavy (non-hydrogen) atoms. The number of nitriles is 1. The second-order valence-electron chi connectivity index (χ2n) is 7.74. The van der Waals surface area contributed by atoms with E-state index in [1.807, 2.05) is 66.7 Å². The number of ether oxygens (including phenoxy) is 1. The van der Waals surface area contributed by atoms with Gasteiger partial charge in [-0.25, -0.2) is 0 Å². The van der Waals surface area contributed by atoms with E-state index >= 15 is 0 Å². The molecule has 0 saturated carbocycles. The van der Waals surface area contributed by atoms with Gasteiger partial charge in [-0.2, -0.15) is 5.26 Å². The van der Waals surface area contributed by atoms with Crippen molar-refractivity contribution in [2.45, 2.75) is 6.61 Å². The third-order valence-corrected chi connectivity index (χ3v) is 5.61. The fourth-order valence-corrected chi connectivity index (χ4v) is 3.95. The van der Waals surface area contributed by atoms with Crippen LogP contribution < -0.4 is 4.74 Å². The molecule has 0 amide bonds. The Morgan fingerprint density at radius 1 is 0.719 bits per heavy atom. The normalized spacial score (nSPS) is 11.4. The molecule has 0 spiro atoms. The third kappa shape index (κ3) is 4.10. The summed E-state index contributed by atoms with van der Waals surface area (Å²) in [5, 5.41) is 14.5. The summed E-state index contributed by atoms with van der Waals surface area (Å²) in [6, 6.07) is 39.1. The van der Waals surface area contributed by atoms with Gasteiger partial charge in [0, 0.05) is 5.56 Å². The first-order valence-corrected chi connectivity index (χ1v) is 10.6. The van der Waals surface area contributed by atoms with Crippen molar-refractivity contribution in [3.63, 3.8) is 0 Å². The molecule has 0 atom stereocenters. The SMILES string of the molecule is N#C/C(=C\c1ccc(OCc2ccc3ccccc3c2)cc1)c1cccc2ccccc12. The minimum absolute atomic E-state index is 0.513. The lowest BCUT2D eigenvalue weighted by atomic mass is 9.97. The van der Waals surface area contributed by atoms with E-state index < -0.39 is 0 Å². The van der Waals surface area contributed by atoms with Crippen LogP contribution in [0.4, 0.5) is 0 Å². The summed E-state index contributed by atoms with van der Waals surface area (Å²) < 4.78 is 5.98. The fourth-order valence-electron chi connectivity index (χ4n) is 3.95. The first kappa shape index (κ1) is 19.6. The van der Waals surface area contributed by atoms with E-state index in [0.29, 0.717) is 12.2 Å². The van der Waals surface area contributed by atoms with Crippen LogP contribution in [-0.4, -0.2) is 0 Å². The van der Waals surface area contributed by atoms with Crippen LogP contribution in [0.25, 0.3) is 33.2 Å². The van der Waals surface area contributed by atoms with Gasteiger partial charge in [0.2, 0.25) is 0 Å². The van der Waals surface area contributed by atoms with Crippen molar-refractivity contribution in [3.8, 4) is 11.8 Å². The number of nitrogens with zero attached hydrogens (tertiary/aromatic N) is 1. The van der Waals surface area contributed by atoms with Gasteiger partial charge in [-0.15, -0.1) is 0 Å². The van der Waals surface area contributed by atoms with E-state index in [4.69, 9.17) is 4.74 Å². The summed E-state index contributed by atoms with van der Waals surface area (Å²) in [6.45, 7) is 0.513. The van der Waals surface area contributed by atoms with Gasteiger partial charge in [0.05, 0.1) is 11.6 Å². The number of rotatable bonds is 5. The van der Waals surface area contributed by atoms with Crippen LogP contribution >= 0.6 is 0 Å². The Bertz CT molecular complexity index is 1470. The molecule has 152 valence electrons. The van der Waals surface area contributed by atoms with Gasteiger partial charge in [0.1, 0.15) is 12.4 Å². The summed E-state index contributed by atoms with van der Waals surface area (Å²) in [7, 11) is 0. The average molecular weight is 412 g/mol. The minimum atomic E-state index is 0.513. The molecule has 0 saturated heterocycles. The smallest absolute Gasteiger partial charge is 0.119 e. The lowest BCUT2D eigenvalue weighted by Gasteiger charge is -2.08. The number of fused-ring (bicyclic) bond motifs is 2. The van der Waals surface area contributed by atoms with Gasteiger partial charge in [0.25, 0.3) is 0 Å². The Kier molecular flexibility index (Phi) is 5.39. The highest BCUT2D eigenvalue weighted by molar-refractivity contribution is 6.01. The lowest BCUT2D eigenvalue weighted by molar-refractivity contribution is 0.306. The number of hydrogen-bond donors (Lipinski definition) is 0. The molecule has 0 heterocycles. The van der Waals surface area contributed by atoms with Crippen molar-refractivity contribution in [2.24, 2.45) is 0 Å². The van der Waals surface area contributed by atoms with Gasteiger partial charge in [-0.3, -0.25) is 0 Å². The molecular formula is C30H21NO. The second-order valence-corrected chi connectivity index (χ2v) is 7.74. The van der Waals surface area contributed by atoms with Crippen LogP contribution in [0.5, 0.6) is 5.75 Å². The highest BCUT2D eigenvalue weighted by Gasteiger charge is 2.06. The molecule has 0 N–H and O–H groups in total. The second kappa shape index (κ2) is 8.79. The van der Waals surface area contributed by atoms with Gasteiger partial charge in [0.15, 0.2) is 0 Å². The predicted octanol–water partition coefficient (Wildman–Crippen LogP) is 7.64. The maximum absolute atomic E-state index is 9.80. The van der Waals surface area contributed by atoms with Crippen LogP contribution in [0.15, 0.2) is 109 Å². The average Bonchev–Trinajstić information content (AvgIpc) is 2.86. The standard InChI is InChI=1S/C30H21NO/c31-20-27(30-11-5-9-25-7-3-4-10-29(25)30)18-22-13-16-28(17-14-22)32-21-23-12-15-24-6-1-2-8-26(24)19-23/h1-19H,21H2/b27-18+. The topological polar surface area (TPSA) is 33.0 Å². The van der Waals surface area contributed by atoms with Crippen LogP contribution in [0, 0.1) is 11.3 Å². The van der Waals surface area contributed by atoms with Crippen molar-refractivity contribution in [1.29, 1.82) is 5.26 Å². The van der Waals surface area contributed by atoms with E-state index in [-0.39, 0.29) is 0 Å². The molecule has 5 aromatic carbocycles.